The van der Waals surface area contributed by atoms with E-state index in [2.05, 4.69) is 0 Å². The zero-order valence-corrected chi connectivity index (χ0v) is 44.4. The predicted molar refractivity (Wildman–Crippen MR) is 258 cm³/mol. The Hall–Kier alpha value is -3.41. The summed E-state index contributed by atoms with van der Waals surface area (Å²) >= 11 is 0. The van der Waals surface area contributed by atoms with Gasteiger partial charge in [0, 0.05) is 44.8 Å². The third kappa shape index (κ3) is 17.3. The number of ether oxygens (including phenoxy) is 9. The summed E-state index contributed by atoms with van der Waals surface area (Å²) in [5.41, 5.74) is -0.806. The van der Waals surface area contributed by atoms with Gasteiger partial charge >= 0.3 is 17.9 Å². The summed E-state index contributed by atoms with van der Waals surface area (Å²) in [5.74, 6) is -7.13. The molecule has 24 heteroatoms. The fraction of sp³-hybridized carbons (Fsp3) is 0.820. The smallest absolute Gasteiger partial charge is 0.335 e. The summed E-state index contributed by atoms with van der Waals surface area (Å²) in [6.07, 6.45) is -13.0. The number of likely N-dealkylation sites (N-methyl/N-ethyl adjacent to an activating group) is 1. The van der Waals surface area contributed by atoms with E-state index in [9.17, 15) is 49.5 Å². The van der Waals surface area contributed by atoms with Crippen molar-refractivity contribution in [3.05, 3.63) is 23.8 Å². The van der Waals surface area contributed by atoms with Gasteiger partial charge in [0.15, 0.2) is 36.9 Å². The van der Waals surface area contributed by atoms with E-state index in [-0.39, 0.29) is 31.7 Å². The number of carboxylic acids is 2. The van der Waals surface area contributed by atoms with Crippen molar-refractivity contribution in [3.8, 4) is 0 Å². The third-order valence-electron chi connectivity index (χ3n) is 14.2. The lowest BCUT2D eigenvalue weighted by atomic mass is 9.79. The van der Waals surface area contributed by atoms with Gasteiger partial charge in [-0.25, -0.2) is 9.59 Å². The zero-order valence-electron chi connectivity index (χ0n) is 44.4. The number of carbonyl (C=O) groups is 5. The second kappa shape index (κ2) is 29.4. The number of carbonyl (C=O) groups excluding carboxylic acids is 3. The Balaban J connectivity index is 0.00000130. The van der Waals surface area contributed by atoms with Crippen LogP contribution in [0.15, 0.2) is 23.8 Å². The van der Waals surface area contributed by atoms with Gasteiger partial charge in [-0.15, -0.1) is 0 Å². The second-order valence-electron chi connectivity index (χ2n) is 20.3. The Morgan fingerprint density at radius 1 is 0.838 bits per heavy atom. The molecule has 4 aliphatic rings. The quantitative estimate of drug-likeness (QED) is 0.0708. The standard InChI is InChI=1S/C46H77NO17.C4H6O6/c1-13-33-30(22-58-45-42(57-12)41(56-11)37(52)26(5)60-45)18-23(2)14-15-31(49)24(3)19-29(16-17-48)39(25(4)32(50)20-34(51)62-33)64-44-38(53)36(47(9)10)40(27(6)61-44)63-35-21-46(8,55)43(54)28(7)59-35;5-1(3(7)8)2(6)4(9)10/h14-15,17-18,24-30,32-33,35-45,50,52-55H,13,16,19-22H2,1-12H3;1-2,5-6H,(H,7,8)(H,9,10)/b15-14+,23-18+;/t24-,25+,26-,27-,28+,29+,30-,32+,33-,35+,36-,37-,38-,39-,40-,41-,42-,43+,44+,45-,46-;1-,2-/m11/s1. The first kappa shape index (κ1) is 64.9. The van der Waals surface area contributed by atoms with Crippen LogP contribution in [0, 0.1) is 23.7 Å². The second-order valence-corrected chi connectivity index (χ2v) is 20.3. The van der Waals surface area contributed by atoms with Crippen LogP contribution in [0.2, 0.25) is 0 Å². The summed E-state index contributed by atoms with van der Waals surface area (Å²) in [7, 11) is 6.43. The van der Waals surface area contributed by atoms with E-state index in [1.165, 1.54) is 27.2 Å². The number of nitrogens with zero attached hydrogens (tertiary/aromatic N) is 1. The number of aliphatic hydroxyl groups is 7. The Morgan fingerprint density at radius 3 is 1.96 bits per heavy atom. The van der Waals surface area contributed by atoms with Crippen molar-refractivity contribution in [2.75, 3.05) is 34.9 Å². The molecule has 426 valence electrons. The molecule has 4 rings (SSSR count). The number of hydrogen-bond donors (Lipinski definition) is 9. The molecule has 0 unspecified atom stereocenters. The van der Waals surface area contributed by atoms with Crippen molar-refractivity contribution in [3.63, 3.8) is 0 Å². The highest BCUT2D eigenvalue weighted by Gasteiger charge is 2.52. The van der Waals surface area contributed by atoms with E-state index >= 15 is 0 Å². The lowest BCUT2D eigenvalue weighted by molar-refractivity contribution is -0.341. The van der Waals surface area contributed by atoms with Crippen LogP contribution in [0.25, 0.3) is 0 Å². The van der Waals surface area contributed by atoms with E-state index in [4.69, 9.17) is 63.1 Å². The monoisotopic (exact) mass is 1070 g/mol. The number of aldehydes is 1. The molecule has 0 aromatic rings. The van der Waals surface area contributed by atoms with Gasteiger partial charge in [0.1, 0.15) is 49.0 Å². The summed E-state index contributed by atoms with van der Waals surface area (Å²) in [5, 5.41) is 88.3. The number of ketones is 1. The molecule has 0 aromatic carbocycles. The first-order chi connectivity index (χ1) is 34.5. The molecule has 3 fully saturated rings. The van der Waals surface area contributed by atoms with Crippen LogP contribution in [-0.2, 0) is 66.6 Å². The number of rotatable bonds is 16. The van der Waals surface area contributed by atoms with Gasteiger partial charge in [-0.3, -0.25) is 9.59 Å². The van der Waals surface area contributed by atoms with E-state index in [1.54, 1.807) is 59.7 Å². The number of aliphatic carboxylic acids is 2. The molecule has 0 saturated carbocycles. The van der Waals surface area contributed by atoms with Gasteiger partial charge in [-0.05, 0) is 73.5 Å². The largest absolute Gasteiger partial charge is 0.479 e. The average Bonchev–Trinajstić information content (AvgIpc) is 3.33. The lowest BCUT2D eigenvalue weighted by Gasteiger charge is -2.50. The van der Waals surface area contributed by atoms with Crippen LogP contribution in [0.4, 0.5) is 0 Å². The highest BCUT2D eigenvalue weighted by Crippen LogP contribution is 2.37. The highest BCUT2D eigenvalue weighted by atomic mass is 16.7. The molecule has 23 atom stereocenters. The molecule has 0 aliphatic carbocycles. The van der Waals surface area contributed by atoms with Crippen LogP contribution >= 0.6 is 0 Å². The first-order valence-electron chi connectivity index (χ1n) is 25.0. The Bertz CT molecular complexity index is 1850. The molecule has 0 spiro atoms. The molecule has 9 N–H and O–H groups in total. The lowest BCUT2D eigenvalue weighted by Crippen LogP contribution is -2.65. The van der Waals surface area contributed by atoms with Crippen LogP contribution in [0.3, 0.4) is 0 Å². The molecule has 0 bridgehead atoms. The number of hydrogen-bond acceptors (Lipinski definition) is 22. The van der Waals surface area contributed by atoms with Crippen LogP contribution in [-0.4, -0.2) is 232 Å². The van der Waals surface area contributed by atoms with E-state index in [1.807, 2.05) is 19.9 Å². The maximum absolute atomic E-state index is 13.8. The first-order valence-corrected chi connectivity index (χ1v) is 25.0. The number of carboxylic acid groups (broad SMARTS) is 2. The molecule has 4 aliphatic heterocycles. The maximum atomic E-state index is 13.8. The minimum atomic E-state index is -2.27. The van der Waals surface area contributed by atoms with E-state index in [0.29, 0.717) is 12.0 Å². The molecule has 0 amide bonds. The summed E-state index contributed by atoms with van der Waals surface area (Å²) in [6, 6.07) is -0.748. The fourth-order valence-electron chi connectivity index (χ4n) is 9.78. The SMILES string of the molecule is CC[C@H]1OC(=O)C[C@H](O)[C@H](C)[C@@H](O[C@@H]2O[C@H](C)[C@@H](O[C@H]3C[C@@](C)(O)[C@@H](O)[C@H](C)O3)[C@H](N(C)C)[C@H]2O)[C@@H](CC=O)C[C@@H](C)C(=O)/C=C/C(C)=C/[C@@H]1CO[C@@H]1O[C@H](C)[C@@H](O)[C@@H](OC)[C@H]1OC.O=C(O)[C@H](O)[C@@H](O)C(=O)O. The van der Waals surface area contributed by atoms with Crippen molar-refractivity contribution in [1.82, 2.24) is 4.90 Å². The molecular weight excluding hydrogens is 983 g/mol. The van der Waals surface area contributed by atoms with Gasteiger partial charge in [-0.2, -0.15) is 0 Å². The summed E-state index contributed by atoms with van der Waals surface area (Å²) < 4.78 is 54.7. The van der Waals surface area contributed by atoms with Crippen LogP contribution < -0.4 is 0 Å². The van der Waals surface area contributed by atoms with Crippen LogP contribution in [0.1, 0.15) is 87.5 Å². The van der Waals surface area contributed by atoms with E-state index < -0.39 is 164 Å². The third-order valence-corrected chi connectivity index (χ3v) is 14.2. The predicted octanol–water partition coefficient (Wildman–Crippen LogP) is -0.289. The molecule has 24 nitrogen and oxygen atoms in total. The highest BCUT2D eigenvalue weighted by molar-refractivity contribution is 5.91. The minimum absolute atomic E-state index is 0.00788. The Kier molecular flexibility index (Phi) is 25.7. The molecule has 74 heavy (non-hydrogen) atoms. The summed E-state index contributed by atoms with van der Waals surface area (Å²) in [4.78, 5) is 61.1. The van der Waals surface area contributed by atoms with Crippen molar-refractivity contribution in [2.24, 2.45) is 23.7 Å². The maximum Gasteiger partial charge on any atom is 0.335 e. The van der Waals surface area contributed by atoms with Crippen molar-refractivity contribution in [1.29, 1.82) is 0 Å². The molecular formula is C50H83NO23. The van der Waals surface area contributed by atoms with Crippen LogP contribution in [0.5, 0.6) is 0 Å². The van der Waals surface area contributed by atoms with Crippen molar-refractivity contribution >= 4 is 30.0 Å². The van der Waals surface area contributed by atoms with Crippen molar-refractivity contribution < 1.29 is 113 Å². The summed E-state index contributed by atoms with van der Waals surface area (Å²) in [6.45, 7) is 13.6. The minimum Gasteiger partial charge on any atom is -0.479 e. The number of allylic oxidation sites excluding steroid dienone is 3. The number of aliphatic hydroxyl groups excluding tert-OH is 6. The number of esters is 1. The average molecular weight is 1070 g/mol. The Morgan fingerprint density at radius 2 is 1.43 bits per heavy atom. The van der Waals surface area contributed by atoms with Gasteiger partial charge in [0.05, 0.1) is 55.2 Å². The molecule has 0 aromatic heterocycles. The Labute approximate surface area is 432 Å². The zero-order chi connectivity index (χ0) is 56.1. The van der Waals surface area contributed by atoms with E-state index in [0.717, 1.165) is 6.29 Å². The van der Waals surface area contributed by atoms with Gasteiger partial charge in [-0.1, -0.05) is 38.5 Å². The molecule has 0 radical (unpaired) electrons. The number of methoxy groups -OCH3 is 2. The topological polar surface area (TPSA) is 354 Å². The number of cyclic esters (lactones) is 1. The van der Waals surface area contributed by atoms with Crippen molar-refractivity contribution in [2.45, 2.75) is 203 Å². The fourth-order valence-corrected chi connectivity index (χ4v) is 9.78. The normalized spacial score (nSPS) is 41.9. The van der Waals surface area contributed by atoms with Gasteiger partial charge < -0.3 is 98.3 Å². The molecule has 4 heterocycles. The van der Waals surface area contributed by atoms with Gasteiger partial charge in [0.25, 0.3) is 0 Å². The molecule has 3 saturated heterocycles. The van der Waals surface area contributed by atoms with Gasteiger partial charge in [0.2, 0.25) is 0 Å².